The van der Waals surface area contributed by atoms with Crippen LogP contribution >= 0.6 is 11.5 Å². The maximum absolute atomic E-state index is 8.87. The SMILES string of the molecule is N#Cc1c(N)nsc1NCCC1CCCO1. The Morgan fingerprint density at radius 1 is 1.69 bits per heavy atom. The van der Waals surface area contributed by atoms with E-state index in [0.29, 0.717) is 17.5 Å². The Bertz CT molecular complexity index is 392. The van der Waals surface area contributed by atoms with Gasteiger partial charge in [0.05, 0.1) is 6.10 Å². The molecule has 5 nitrogen and oxygen atoms in total. The molecule has 1 aliphatic heterocycles. The summed E-state index contributed by atoms with van der Waals surface area (Å²) in [6.07, 6.45) is 3.62. The fraction of sp³-hybridized carbons (Fsp3) is 0.600. The highest BCUT2D eigenvalue weighted by Crippen LogP contribution is 2.25. The zero-order chi connectivity index (χ0) is 11.4. The lowest BCUT2D eigenvalue weighted by Gasteiger charge is -2.09. The summed E-state index contributed by atoms with van der Waals surface area (Å²) in [5.74, 6) is 0.312. The van der Waals surface area contributed by atoms with Crippen LogP contribution in [-0.4, -0.2) is 23.6 Å². The van der Waals surface area contributed by atoms with Crippen molar-refractivity contribution in [3.8, 4) is 6.07 Å². The molecule has 6 heteroatoms. The van der Waals surface area contributed by atoms with Gasteiger partial charge in [0.25, 0.3) is 0 Å². The number of rotatable bonds is 4. The first-order chi connectivity index (χ1) is 7.81. The van der Waals surface area contributed by atoms with E-state index in [-0.39, 0.29) is 0 Å². The second kappa shape index (κ2) is 5.14. The molecule has 1 aromatic rings. The Labute approximate surface area is 98.4 Å². The largest absolute Gasteiger partial charge is 0.382 e. The fourth-order valence-electron chi connectivity index (χ4n) is 1.75. The molecule has 16 heavy (non-hydrogen) atoms. The van der Waals surface area contributed by atoms with Gasteiger partial charge in [-0.3, -0.25) is 0 Å². The van der Waals surface area contributed by atoms with Crippen molar-refractivity contribution in [2.45, 2.75) is 25.4 Å². The van der Waals surface area contributed by atoms with Gasteiger partial charge >= 0.3 is 0 Å². The second-order valence-electron chi connectivity index (χ2n) is 3.73. The first-order valence-corrected chi connectivity index (χ1v) is 6.09. The van der Waals surface area contributed by atoms with E-state index in [0.717, 1.165) is 37.4 Å². The van der Waals surface area contributed by atoms with Crippen LogP contribution < -0.4 is 11.1 Å². The number of nitrogens with two attached hydrogens (primary N) is 1. The molecule has 3 N–H and O–H groups in total. The van der Waals surface area contributed by atoms with E-state index >= 15 is 0 Å². The van der Waals surface area contributed by atoms with Gasteiger partial charge in [0.1, 0.15) is 16.6 Å². The van der Waals surface area contributed by atoms with Crippen LogP contribution in [0.15, 0.2) is 0 Å². The summed E-state index contributed by atoms with van der Waals surface area (Å²) in [7, 11) is 0. The molecule has 0 saturated carbocycles. The van der Waals surface area contributed by atoms with Crippen LogP contribution in [0.2, 0.25) is 0 Å². The lowest BCUT2D eigenvalue weighted by molar-refractivity contribution is 0.107. The number of hydrogen-bond acceptors (Lipinski definition) is 6. The number of nitrogen functional groups attached to an aromatic ring is 1. The average molecular weight is 238 g/mol. The van der Waals surface area contributed by atoms with Gasteiger partial charge in [-0.1, -0.05) is 0 Å². The van der Waals surface area contributed by atoms with Crippen LogP contribution in [0.5, 0.6) is 0 Å². The predicted octanol–water partition coefficient (Wildman–Crippen LogP) is 1.58. The first kappa shape index (κ1) is 11.2. The second-order valence-corrected chi connectivity index (χ2v) is 4.51. The molecular formula is C10H14N4OS. The van der Waals surface area contributed by atoms with Crippen LogP contribution in [0.3, 0.4) is 0 Å². The van der Waals surface area contributed by atoms with Gasteiger partial charge in [0.2, 0.25) is 0 Å². The third-order valence-electron chi connectivity index (χ3n) is 2.61. The Morgan fingerprint density at radius 3 is 3.25 bits per heavy atom. The highest BCUT2D eigenvalue weighted by molar-refractivity contribution is 7.10. The van der Waals surface area contributed by atoms with Crippen LogP contribution in [0.4, 0.5) is 10.8 Å². The van der Waals surface area contributed by atoms with E-state index in [4.69, 9.17) is 15.7 Å². The van der Waals surface area contributed by atoms with Crippen molar-refractivity contribution in [1.82, 2.24) is 4.37 Å². The number of nitrogens with zero attached hydrogens (tertiary/aromatic N) is 2. The highest BCUT2D eigenvalue weighted by Gasteiger charge is 2.15. The van der Waals surface area contributed by atoms with Gasteiger partial charge < -0.3 is 15.8 Å². The highest BCUT2D eigenvalue weighted by atomic mass is 32.1. The molecule has 0 spiro atoms. The van der Waals surface area contributed by atoms with E-state index < -0.39 is 0 Å². The molecule has 0 radical (unpaired) electrons. The molecule has 1 aromatic heterocycles. The molecule has 1 atom stereocenters. The minimum absolute atomic E-state index is 0.312. The van der Waals surface area contributed by atoms with Gasteiger partial charge in [-0.2, -0.15) is 9.64 Å². The van der Waals surface area contributed by atoms with E-state index in [9.17, 15) is 0 Å². The summed E-state index contributed by atoms with van der Waals surface area (Å²) in [6.45, 7) is 1.67. The van der Waals surface area contributed by atoms with Crippen LogP contribution in [-0.2, 0) is 4.74 Å². The predicted molar refractivity (Wildman–Crippen MR) is 63.3 cm³/mol. The van der Waals surface area contributed by atoms with Gasteiger partial charge in [-0.25, -0.2) is 0 Å². The summed E-state index contributed by atoms with van der Waals surface area (Å²) in [4.78, 5) is 0. The van der Waals surface area contributed by atoms with Gasteiger partial charge in [-0.05, 0) is 30.8 Å². The molecule has 2 rings (SSSR count). The Kier molecular flexibility index (Phi) is 3.59. The summed E-state index contributed by atoms with van der Waals surface area (Å²) in [5, 5.41) is 12.8. The lowest BCUT2D eigenvalue weighted by atomic mass is 10.2. The Balaban J connectivity index is 1.82. The molecule has 0 aromatic carbocycles. The zero-order valence-corrected chi connectivity index (χ0v) is 9.72. The van der Waals surface area contributed by atoms with E-state index in [1.54, 1.807) is 0 Å². The molecule has 0 bridgehead atoms. The number of aromatic nitrogens is 1. The summed E-state index contributed by atoms with van der Waals surface area (Å²) >= 11 is 1.23. The molecule has 2 heterocycles. The number of nitriles is 1. The van der Waals surface area contributed by atoms with Crippen LogP contribution in [0.1, 0.15) is 24.8 Å². The molecule has 1 fully saturated rings. The molecular weight excluding hydrogens is 224 g/mol. The normalized spacial score (nSPS) is 19.6. The number of nitrogens with one attached hydrogen (secondary N) is 1. The molecule has 86 valence electrons. The van der Waals surface area contributed by atoms with Crippen molar-refractivity contribution in [2.75, 3.05) is 24.2 Å². The van der Waals surface area contributed by atoms with E-state index in [2.05, 4.69) is 15.8 Å². The van der Waals surface area contributed by atoms with Crippen LogP contribution in [0.25, 0.3) is 0 Å². The fourth-order valence-corrected chi connectivity index (χ4v) is 2.44. The van der Waals surface area contributed by atoms with Crippen molar-refractivity contribution < 1.29 is 4.74 Å². The first-order valence-electron chi connectivity index (χ1n) is 5.32. The quantitative estimate of drug-likeness (QED) is 0.832. The minimum Gasteiger partial charge on any atom is -0.382 e. The van der Waals surface area contributed by atoms with Gasteiger partial charge in [0, 0.05) is 13.2 Å². The average Bonchev–Trinajstić information content (AvgIpc) is 2.89. The minimum atomic E-state index is 0.312. The lowest BCUT2D eigenvalue weighted by Crippen LogP contribution is -2.12. The molecule has 1 saturated heterocycles. The zero-order valence-electron chi connectivity index (χ0n) is 8.90. The number of anilines is 2. The van der Waals surface area contributed by atoms with Crippen molar-refractivity contribution >= 4 is 22.4 Å². The van der Waals surface area contributed by atoms with Crippen molar-refractivity contribution in [1.29, 1.82) is 5.26 Å². The van der Waals surface area contributed by atoms with Gasteiger partial charge in [-0.15, -0.1) is 0 Å². The van der Waals surface area contributed by atoms with Gasteiger partial charge in [0.15, 0.2) is 5.82 Å². The van der Waals surface area contributed by atoms with Crippen molar-refractivity contribution in [3.63, 3.8) is 0 Å². The van der Waals surface area contributed by atoms with E-state index in [1.807, 2.05) is 0 Å². The topological polar surface area (TPSA) is 84.0 Å². The molecule has 0 amide bonds. The maximum Gasteiger partial charge on any atom is 0.157 e. The third-order valence-corrected chi connectivity index (χ3v) is 3.43. The molecule has 0 aliphatic carbocycles. The molecule has 1 aliphatic rings. The monoisotopic (exact) mass is 238 g/mol. The van der Waals surface area contributed by atoms with Crippen LogP contribution in [0, 0.1) is 11.3 Å². The standard InChI is InChI=1S/C10H14N4OS/c11-6-8-9(12)14-16-10(8)13-4-3-7-2-1-5-15-7/h7,13H,1-5H2,(H2,12,14). The summed E-state index contributed by atoms with van der Waals surface area (Å²) in [6, 6.07) is 2.05. The maximum atomic E-state index is 8.87. The Hall–Kier alpha value is -1.32. The smallest absolute Gasteiger partial charge is 0.157 e. The van der Waals surface area contributed by atoms with Crippen molar-refractivity contribution in [3.05, 3.63) is 5.56 Å². The number of ether oxygens (including phenoxy) is 1. The van der Waals surface area contributed by atoms with Crippen molar-refractivity contribution in [2.24, 2.45) is 0 Å². The summed E-state index contributed by atoms with van der Waals surface area (Å²) in [5.41, 5.74) is 6.01. The van der Waals surface area contributed by atoms with E-state index in [1.165, 1.54) is 11.5 Å². The Morgan fingerprint density at radius 2 is 2.56 bits per heavy atom. The molecule has 1 unspecified atom stereocenters. The third kappa shape index (κ3) is 2.43. The number of hydrogen-bond donors (Lipinski definition) is 2. The summed E-state index contributed by atoms with van der Waals surface area (Å²) < 4.78 is 9.45.